The second kappa shape index (κ2) is 6.73. The van der Waals surface area contributed by atoms with Gasteiger partial charge in [-0.1, -0.05) is 18.2 Å². The predicted octanol–water partition coefficient (Wildman–Crippen LogP) is 5.67. The summed E-state index contributed by atoms with van der Waals surface area (Å²) in [6.45, 7) is 0.353. The van der Waals surface area contributed by atoms with E-state index in [1.807, 2.05) is 18.2 Å². The van der Waals surface area contributed by atoms with E-state index in [0.717, 1.165) is 21.3 Å². The van der Waals surface area contributed by atoms with Crippen molar-refractivity contribution in [1.82, 2.24) is 0 Å². The van der Waals surface area contributed by atoms with Crippen LogP contribution in [0.2, 0.25) is 0 Å². The van der Waals surface area contributed by atoms with Crippen molar-refractivity contribution in [2.24, 2.45) is 0 Å². The Morgan fingerprint density at radius 3 is 2.58 bits per heavy atom. The molecule has 5 heteroatoms. The van der Waals surface area contributed by atoms with Crippen LogP contribution in [0.15, 0.2) is 45.3 Å². The summed E-state index contributed by atoms with van der Waals surface area (Å²) in [5.74, 6) is 0.811. The number of ether oxygens (including phenoxy) is 1. The molecule has 0 atom stereocenters. The molecule has 0 aliphatic carbocycles. The zero-order valence-corrected chi connectivity index (χ0v) is 13.7. The summed E-state index contributed by atoms with van der Waals surface area (Å²) in [6.07, 6.45) is 0. The van der Waals surface area contributed by atoms with Crippen molar-refractivity contribution < 1.29 is 9.13 Å². The third-order valence-electron chi connectivity index (χ3n) is 2.56. The lowest BCUT2D eigenvalue weighted by Crippen LogP contribution is -1.99. The molecule has 0 fully saturated rings. The quantitative estimate of drug-likeness (QED) is 0.593. The molecule has 100 valence electrons. The van der Waals surface area contributed by atoms with Crippen LogP contribution in [-0.2, 0) is 12.5 Å². The van der Waals surface area contributed by atoms with Crippen LogP contribution in [0.5, 0.6) is 5.75 Å². The third kappa shape index (κ3) is 3.71. The number of hydrogen-bond donors (Lipinski definition) is 0. The maximum atomic E-state index is 13.1. The van der Waals surface area contributed by atoms with Gasteiger partial charge in [0.25, 0.3) is 0 Å². The molecule has 0 spiro atoms. The van der Waals surface area contributed by atoms with Crippen LogP contribution in [0.1, 0.15) is 11.1 Å². The molecule has 0 saturated carbocycles. The molecule has 0 bridgehead atoms. The minimum atomic E-state index is -0.286. The van der Waals surface area contributed by atoms with Gasteiger partial charge >= 0.3 is 0 Å². The van der Waals surface area contributed by atoms with Crippen molar-refractivity contribution in [3.05, 3.63) is 62.3 Å². The molecule has 0 unspecified atom stereocenters. The van der Waals surface area contributed by atoms with E-state index in [0.29, 0.717) is 17.0 Å². The summed E-state index contributed by atoms with van der Waals surface area (Å²) in [6, 6.07) is 10.5. The van der Waals surface area contributed by atoms with E-state index in [1.165, 1.54) is 6.07 Å². The summed E-state index contributed by atoms with van der Waals surface area (Å²) in [5.41, 5.74) is 1.79. The van der Waals surface area contributed by atoms with E-state index in [9.17, 15) is 4.39 Å². The Labute approximate surface area is 133 Å². The molecule has 0 heterocycles. The summed E-state index contributed by atoms with van der Waals surface area (Å²) in [7, 11) is 0. The normalized spacial score (nSPS) is 10.5. The molecule has 1 nitrogen and oxygen atoms in total. The molecule has 0 aliphatic rings. The first-order valence-electron chi connectivity index (χ1n) is 5.52. The second-order valence-corrected chi connectivity index (χ2v) is 5.87. The SMILES string of the molecule is Fc1ccc(COc2c(Br)cccc2CCl)cc1Br. The van der Waals surface area contributed by atoms with E-state index in [1.54, 1.807) is 12.1 Å². The topological polar surface area (TPSA) is 9.23 Å². The maximum absolute atomic E-state index is 13.1. The zero-order valence-electron chi connectivity index (χ0n) is 9.80. The first-order valence-corrected chi connectivity index (χ1v) is 7.64. The van der Waals surface area contributed by atoms with Crippen molar-refractivity contribution in [3.8, 4) is 5.75 Å². The Morgan fingerprint density at radius 2 is 1.89 bits per heavy atom. The first-order chi connectivity index (χ1) is 9.11. The van der Waals surface area contributed by atoms with Gasteiger partial charge in [-0.3, -0.25) is 0 Å². The predicted molar refractivity (Wildman–Crippen MR) is 82.1 cm³/mol. The van der Waals surface area contributed by atoms with Crippen LogP contribution in [0.25, 0.3) is 0 Å². The highest BCUT2D eigenvalue weighted by Gasteiger charge is 2.08. The molecule has 0 radical (unpaired) electrons. The molecular formula is C14H10Br2ClFO. The van der Waals surface area contributed by atoms with Crippen LogP contribution in [0, 0.1) is 5.82 Å². The molecule has 2 rings (SSSR count). The van der Waals surface area contributed by atoms with Crippen molar-refractivity contribution >= 4 is 43.5 Å². The van der Waals surface area contributed by atoms with Crippen molar-refractivity contribution in [2.75, 3.05) is 0 Å². The Kier molecular flexibility index (Phi) is 5.25. The van der Waals surface area contributed by atoms with Gasteiger partial charge in [-0.25, -0.2) is 4.39 Å². The number of hydrogen-bond acceptors (Lipinski definition) is 1. The van der Waals surface area contributed by atoms with Gasteiger partial charge in [0.15, 0.2) is 0 Å². The summed E-state index contributed by atoms with van der Waals surface area (Å²) in [4.78, 5) is 0. The molecule has 2 aromatic rings. The van der Waals surface area contributed by atoms with Crippen LogP contribution in [0.4, 0.5) is 4.39 Å². The molecule has 0 aliphatic heterocycles. The minimum Gasteiger partial charge on any atom is -0.487 e. The summed E-state index contributed by atoms with van der Waals surface area (Å²) in [5, 5.41) is 0. The average molecular weight is 408 g/mol. The lowest BCUT2D eigenvalue weighted by molar-refractivity contribution is 0.301. The fraction of sp³-hybridized carbons (Fsp3) is 0.143. The van der Waals surface area contributed by atoms with Crippen LogP contribution < -0.4 is 4.74 Å². The van der Waals surface area contributed by atoms with Crippen LogP contribution >= 0.6 is 43.5 Å². The average Bonchev–Trinajstić information content (AvgIpc) is 2.41. The zero-order chi connectivity index (χ0) is 13.8. The molecule has 0 aromatic heterocycles. The fourth-order valence-corrected chi connectivity index (χ4v) is 2.76. The number of benzene rings is 2. The number of rotatable bonds is 4. The lowest BCUT2D eigenvalue weighted by Gasteiger charge is -2.12. The minimum absolute atomic E-state index is 0.286. The van der Waals surface area contributed by atoms with Gasteiger partial charge in [0.2, 0.25) is 0 Å². The standard InChI is InChI=1S/C14H10Br2ClFO/c15-11-3-1-2-10(7-17)14(11)19-8-9-4-5-13(18)12(16)6-9/h1-6H,7-8H2. The third-order valence-corrected chi connectivity index (χ3v) is 4.08. The van der Waals surface area contributed by atoms with Gasteiger partial charge in [0, 0.05) is 5.56 Å². The fourth-order valence-electron chi connectivity index (χ4n) is 1.61. The largest absolute Gasteiger partial charge is 0.487 e. The second-order valence-electron chi connectivity index (χ2n) is 3.90. The monoisotopic (exact) mass is 406 g/mol. The molecular weight excluding hydrogens is 398 g/mol. The van der Waals surface area contributed by atoms with Gasteiger partial charge in [-0.15, -0.1) is 11.6 Å². The van der Waals surface area contributed by atoms with Gasteiger partial charge < -0.3 is 4.74 Å². The number of para-hydroxylation sites is 1. The summed E-state index contributed by atoms with van der Waals surface area (Å²) < 4.78 is 20.2. The van der Waals surface area contributed by atoms with E-state index in [2.05, 4.69) is 31.9 Å². The Hall–Kier alpha value is -0.580. The highest BCUT2D eigenvalue weighted by atomic mass is 79.9. The maximum Gasteiger partial charge on any atom is 0.138 e. The molecule has 0 saturated heterocycles. The van der Waals surface area contributed by atoms with Gasteiger partial charge in [0.05, 0.1) is 14.8 Å². The highest BCUT2D eigenvalue weighted by Crippen LogP contribution is 2.31. The van der Waals surface area contributed by atoms with Crippen LogP contribution in [0.3, 0.4) is 0 Å². The van der Waals surface area contributed by atoms with Gasteiger partial charge in [-0.2, -0.15) is 0 Å². The van der Waals surface area contributed by atoms with Crippen molar-refractivity contribution in [3.63, 3.8) is 0 Å². The first kappa shape index (κ1) is 14.8. The van der Waals surface area contributed by atoms with Crippen molar-refractivity contribution in [2.45, 2.75) is 12.5 Å². The van der Waals surface area contributed by atoms with Crippen LogP contribution in [-0.4, -0.2) is 0 Å². The smallest absolute Gasteiger partial charge is 0.138 e. The van der Waals surface area contributed by atoms with Gasteiger partial charge in [0.1, 0.15) is 18.2 Å². The van der Waals surface area contributed by atoms with E-state index in [-0.39, 0.29) is 5.82 Å². The molecule has 2 aromatic carbocycles. The molecule has 19 heavy (non-hydrogen) atoms. The van der Waals surface area contributed by atoms with Gasteiger partial charge in [-0.05, 0) is 55.6 Å². The number of halogens is 4. The molecule has 0 amide bonds. The van der Waals surface area contributed by atoms with E-state index >= 15 is 0 Å². The van der Waals surface area contributed by atoms with E-state index < -0.39 is 0 Å². The summed E-state index contributed by atoms with van der Waals surface area (Å²) >= 11 is 12.5. The Balaban J connectivity index is 2.16. The molecule has 0 N–H and O–H groups in total. The Bertz CT molecular complexity index is 590. The number of alkyl halides is 1. The lowest BCUT2D eigenvalue weighted by atomic mass is 10.2. The highest BCUT2D eigenvalue weighted by molar-refractivity contribution is 9.10. The Morgan fingerprint density at radius 1 is 1.11 bits per heavy atom. The van der Waals surface area contributed by atoms with Crippen molar-refractivity contribution in [1.29, 1.82) is 0 Å². The van der Waals surface area contributed by atoms with E-state index in [4.69, 9.17) is 16.3 Å².